The number of benzene rings is 2. The molecule has 0 unspecified atom stereocenters. The molecule has 2 heterocycles. The van der Waals surface area contributed by atoms with Gasteiger partial charge in [-0.05, 0) is 61.4 Å². The number of hydrogen-bond acceptors (Lipinski definition) is 4. The third-order valence-corrected chi connectivity index (χ3v) is 6.37. The van der Waals surface area contributed by atoms with Crippen LogP contribution in [0.15, 0.2) is 47.8 Å². The molecular formula is C24H26N2O2. The van der Waals surface area contributed by atoms with Gasteiger partial charge in [0, 0.05) is 37.3 Å². The third-order valence-electron chi connectivity index (χ3n) is 6.37. The number of nitrogens with zero attached hydrogens (tertiary/aromatic N) is 2. The minimum Gasteiger partial charge on any atom is -0.367 e. The lowest BCUT2D eigenvalue weighted by atomic mass is 9.86. The van der Waals surface area contributed by atoms with E-state index in [-0.39, 0.29) is 11.6 Å². The normalized spacial score (nSPS) is 20.7. The van der Waals surface area contributed by atoms with E-state index in [1.807, 2.05) is 36.4 Å². The number of rotatable bonds is 2. The molecule has 2 aliphatic heterocycles. The number of carbonyl (C=O) groups excluding carboxylic acids is 2. The molecule has 0 aromatic heterocycles. The average molecular weight is 374 g/mol. The number of carbonyl (C=O) groups is 2. The second-order valence-electron chi connectivity index (χ2n) is 8.20. The number of ketones is 2. The molecular weight excluding hydrogens is 348 g/mol. The second-order valence-corrected chi connectivity index (χ2v) is 8.20. The van der Waals surface area contributed by atoms with Gasteiger partial charge in [-0.3, -0.25) is 9.59 Å². The standard InChI is InChI=1S/C24H26N2O2/c27-23-19-15-17-9-3-4-10-18(17)16-20(19)24(28)22(26-13-7-2-8-14-26)21(23)25-11-5-1-6-12-25/h3-4,9-10,15-16H,1-2,5-8,11-14H2. The lowest BCUT2D eigenvalue weighted by Crippen LogP contribution is -2.43. The van der Waals surface area contributed by atoms with Crippen molar-refractivity contribution in [1.29, 1.82) is 0 Å². The lowest BCUT2D eigenvalue weighted by Gasteiger charge is -2.39. The van der Waals surface area contributed by atoms with Crippen molar-refractivity contribution in [3.8, 4) is 0 Å². The van der Waals surface area contributed by atoms with Crippen LogP contribution in [0.2, 0.25) is 0 Å². The van der Waals surface area contributed by atoms with E-state index in [1.165, 1.54) is 12.8 Å². The Kier molecular flexibility index (Phi) is 4.42. The Balaban J connectivity index is 1.68. The molecule has 0 amide bonds. The molecule has 1 aliphatic carbocycles. The highest BCUT2D eigenvalue weighted by molar-refractivity contribution is 6.27. The smallest absolute Gasteiger partial charge is 0.212 e. The van der Waals surface area contributed by atoms with E-state index >= 15 is 0 Å². The van der Waals surface area contributed by atoms with Crippen LogP contribution in [0, 0.1) is 0 Å². The van der Waals surface area contributed by atoms with Crippen LogP contribution in [0.25, 0.3) is 10.8 Å². The van der Waals surface area contributed by atoms with Crippen LogP contribution in [-0.4, -0.2) is 47.5 Å². The highest BCUT2D eigenvalue weighted by Gasteiger charge is 2.38. The molecule has 28 heavy (non-hydrogen) atoms. The van der Waals surface area contributed by atoms with E-state index in [0.717, 1.165) is 62.6 Å². The van der Waals surface area contributed by atoms with Gasteiger partial charge in [0.2, 0.25) is 11.6 Å². The summed E-state index contributed by atoms with van der Waals surface area (Å²) in [7, 11) is 0. The number of piperidine rings is 2. The van der Waals surface area contributed by atoms with Crippen LogP contribution >= 0.6 is 0 Å². The number of hydrogen-bond donors (Lipinski definition) is 0. The molecule has 0 atom stereocenters. The molecule has 3 aliphatic rings. The topological polar surface area (TPSA) is 40.6 Å². The molecule has 0 radical (unpaired) electrons. The highest BCUT2D eigenvalue weighted by atomic mass is 16.1. The zero-order valence-electron chi connectivity index (χ0n) is 16.2. The molecule has 144 valence electrons. The Labute approximate surface area is 165 Å². The predicted molar refractivity (Wildman–Crippen MR) is 110 cm³/mol. The van der Waals surface area contributed by atoms with Gasteiger partial charge in [0.1, 0.15) is 11.4 Å². The van der Waals surface area contributed by atoms with Crippen molar-refractivity contribution in [1.82, 2.24) is 9.80 Å². The first-order valence-corrected chi connectivity index (χ1v) is 10.6. The average Bonchev–Trinajstić information content (AvgIpc) is 2.76. The fourth-order valence-corrected chi connectivity index (χ4v) is 4.91. The van der Waals surface area contributed by atoms with Gasteiger partial charge in [0.15, 0.2) is 0 Å². The number of allylic oxidation sites excluding steroid dienone is 2. The summed E-state index contributed by atoms with van der Waals surface area (Å²) in [5.74, 6) is 0.0608. The third kappa shape index (κ3) is 2.83. The molecule has 0 N–H and O–H groups in total. The van der Waals surface area contributed by atoms with Crippen molar-refractivity contribution in [2.24, 2.45) is 0 Å². The summed E-state index contributed by atoms with van der Waals surface area (Å²) >= 11 is 0. The Morgan fingerprint density at radius 3 is 1.36 bits per heavy atom. The molecule has 0 saturated carbocycles. The molecule has 4 heteroatoms. The monoisotopic (exact) mass is 374 g/mol. The van der Waals surface area contributed by atoms with Gasteiger partial charge >= 0.3 is 0 Å². The zero-order valence-corrected chi connectivity index (χ0v) is 16.2. The first-order chi connectivity index (χ1) is 13.7. The summed E-state index contributed by atoms with van der Waals surface area (Å²) in [6.45, 7) is 3.48. The fourth-order valence-electron chi connectivity index (χ4n) is 4.91. The van der Waals surface area contributed by atoms with Crippen molar-refractivity contribution >= 4 is 22.3 Å². The summed E-state index contributed by atoms with van der Waals surface area (Å²) in [6.07, 6.45) is 6.75. The van der Waals surface area contributed by atoms with Crippen LogP contribution in [0.4, 0.5) is 0 Å². The van der Waals surface area contributed by atoms with Crippen LogP contribution in [0.1, 0.15) is 59.2 Å². The minimum atomic E-state index is 0.0304. The van der Waals surface area contributed by atoms with E-state index in [2.05, 4.69) is 9.80 Å². The maximum Gasteiger partial charge on any atom is 0.212 e. The Morgan fingerprint density at radius 2 is 0.964 bits per heavy atom. The van der Waals surface area contributed by atoms with Crippen LogP contribution < -0.4 is 0 Å². The van der Waals surface area contributed by atoms with Gasteiger partial charge in [-0.25, -0.2) is 0 Å². The van der Waals surface area contributed by atoms with Crippen LogP contribution in [0.3, 0.4) is 0 Å². The number of likely N-dealkylation sites (tertiary alicyclic amines) is 2. The Hall–Kier alpha value is -2.62. The zero-order chi connectivity index (χ0) is 19.1. The van der Waals surface area contributed by atoms with E-state index in [9.17, 15) is 9.59 Å². The summed E-state index contributed by atoms with van der Waals surface area (Å²) in [5.41, 5.74) is 2.47. The van der Waals surface area contributed by atoms with Crippen molar-refractivity contribution in [3.63, 3.8) is 0 Å². The maximum atomic E-state index is 13.7. The fraction of sp³-hybridized carbons (Fsp3) is 0.417. The molecule has 0 bridgehead atoms. The maximum absolute atomic E-state index is 13.7. The first kappa shape index (κ1) is 17.5. The Bertz CT molecular complexity index is 901. The van der Waals surface area contributed by atoms with Gasteiger partial charge in [-0.2, -0.15) is 0 Å². The molecule has 4 nitrogen and oxygen atoms in total. The molecule has 5 rings (SSSR count). The van der Waals surface area contributed by atoms with E-state index in [4.69, 9.17) is 0 Å². The first-order valence-electron chi connectivity index (χ1n) is 10.6. The van der Waals surface area contributed by atoms with E-state index in [1.54, 1.807) is 0 Å². The van der Waals surface area contributed by atoms with Gasteiger partial charge < -0.3 is 9.80 Å². The lowest BCUT2D eigenvalue weighted by molar-refractivity contribution is 0.0891. The summed E-state index contributed by atoms with van der Waals surface area (Å²) in [6, 6.07) is 11.8. The van der Waals surface area contributed by atoms with Crippen molar-refractivity contribution in [2.45, 2.75) is 38.5 Å². The van der Waals surface area contributed by atoms with Crippen LogP contribution in [-0.2, 0) is 0 Å². The molecule has 0 spiro atoms. The SMILES string of the molecule is O=C1C(N2CCCCC2)=C(N2CCCCC2)C(=O)c2cc3ccccc3cc21. The second kappa shape index (κ2) is 7.08. The Morgan fingerprint density at radius 1 is 0.571 bits per heavy atom. The molecule has 2 aromatic carbocycles. The minimum absolute atomic E-state index is 0.0304. The molecule has 2 fully saturated rings. The number of fused-ring (bicyclic) bond motifs is 2. The van der Waals surface area contributed by atoms with Crippen LogP contribution in [0.5, 0.6) is 0 Å². The molecule has 2 aromatic rings. The predicted octanol–water partition coefficient (Wildman–Crippen LogP) is 4.40. The van der Waals surface area contributed by atoms with Crippen molar-refractivity contribution in [3.05, 3.63) is 58.9 Å². The van der Waals surface area contributed by atoms with Gasteiger partial charge in [0.05, 0.1) is 0 Å². The van der Waals surface area contributed by atoms with Gasteiger partial charge in [-0.15, -0.1) is 0 Å². The van der Waals surface area contributed by atoms with Crippen molar-refractivity contribution in [2.75, 3.05) is 26.2 Å². The van der Waals surface area contributed by atoms with Gasteiger partial charge in [0.25, 0.3) is 0 Å². The largest absolute Gasteiger partial charge is 0.367 e. The van der Waals surface area contributed by atoms with E-state index < -0.39 is 0 Å². The summed E-state index contributed by atoms with van der Waals surface area (Å²) < 4.78 is 0. The summed E-state index contributed by atoms with van der Waals surface area (Å²) in [5, 5.41) is 2.03. The molecule has 2 saturated heterocycles. The van der Waals surface area contributed by atoms with Gasteiger partial charge in [-0.1, -0.05) is 24.3 Å². The number of Topliss-reactive ketones (excluding diaryl/α,β-unsaturated/α-hetero) is 2. The summed E-state index contributed by atoms with van der Waals surface area (Å²) in [4.78, 5) is 31.7. The van der Waals surface area contributed by atoms with Crippen molar-refractivity contribution < 1.29 is 9.59 Å². The highest BCUT2D eigenvalue weighted by Crippen LogP contribution is 2.35. The quantitative estimate of drug-likeness (QED) is 0.781. The van der Waals surface area contributed by atoms with E-state index in [0.29, 0.717) is 22.5 Å².